The molecule has 1 amide bonds. The molecule has 1 aliphatic carbocycles. The van der Waals surface area contributed by atoms with Crippen molar-refractivity contribution in [3.05, 3.63) is 29.6 Å². The zero-order valence-corrected chi connectivity index (χ0v) is 12.2. The normalized spacial score (nSPS) is 22.4. The van der Waals surface area contributed by atoms with E-state index in [-0.39, 0.29) is 11.6 Å². The fourth-order valence-electron chi connectivity index (χ4n) is 2.83. The van der Waals surface area contributed by atoms with Crippen molar-refractivity contribution >= 4 is 11.6 Å². The maximum atomic E-state index is 13.6. The van der Waals surface area contributed by atoms with Crippen molar-refractivity contribution in [3.63, 3.8) is 0 Å². The molecule has 1 aliphatic rings. The van der Waals surface area contributed by atoms with Crippen LogP contribution in [0.3, 0.4) is 0 Å². The van der Waals surface area contributed by atoms with Crippen LogP contribution < -0.4 is 10.6 Å². The predicted octanol–water partition coefficient (Wildman–Crippen LogP) is 3.42. The van der Waals surface area contributed by atoms with Crippen LogP contribution in [-0.4, -0.2) is 19.5 Å². The van der Waals surface area contributed by atoms with E-state index in [0.717, 1.165) is 5.92 Å². The number of nitrogens with one attached hydrogen (secondary N) is 2. The molecular formula is C16H23FN2O. The summed E-state index contributed by atoms with van der Waals surface area (Å²) in [6, 6.07) is 4.56. The fraction of sp³-hybridized carbons (Fsp3) is 0.562. The number of hydrogen-bond acceptors (Lipinski definition) is 2. The molecule has 0 radical (unpaired) electrons. The van der Waals surface area contributed by atoms with Crippen LogP contribution in [0.4, 0.5) is 10.1 Å². The second-order valence-corrected chi connectivity index (χ2v) is 5.75. The molecule has 2 rings (SSSR count). The van der Waals surface area contributed by atoms with Gasteiger partial charge in [0.1, 0.15) is 5.82 Å². The second kappa shape index (κ2) is 6.73. The SMILES string of the molecule is CNc1c(F)cccc1C(=O)NCC1CCC(C)CC1. The van der Waals surface area contributed by atoms with Gasteiger partial charge in [-0.1, -0.05) is 25.8 Å². The van der Waals surface area contributed by atoms with E-state index >= 15 is 0 Å². The molecule has 1 aromatic carbocycles. The number of anilines is 1. The lowest BCUT2D eigenvalue weighted by atomic mass is 9.83. The molecule has 3 nitrogen and oxygen atoms in total. The van der Waals surface area contributed by atoms with Gasteiger partial charge in [0.25, 0.3) is 5.91 Å². The highest BCUT2D eigenvalue weighted by molar-refractivity contribution is 5.99. The number of para-hydroxylation sites is 1. The molecule has 0 saturated heterocycles. The minimum Gasteiger partial charge on any atom is -0.385 e. The Kier molecular flexibility index (Phi) is 4.99. The van der Waals surface area contributed by atoms with E-state index in [1.165, 1.54) is 31.7 Å². The standard InChI is InChI=1S/C16H23FN2O/c1-11-6-8-12(9-7-11)10-19-16(20)13-4-3-5-14(17)15(13)18-2/h3-5,11-12,18H,6-10H2,1-2H3,(H,19,20). The van der Waals surface area contributed by atoms with Crippen LogP contribution in [0.1, 0.15) is 43.0 Å². The van der Waals surface area contributed by atoms with Gasteiger partial charge in [-0.05, 0) is 36.8 Å². The largest absolute Gasteiger partial charge is 0.385 e. The predicted molar refractivity (Wildman–Crippen MR) is 79.4 cm³/mol. The van der Waals surface area contributed by atoms with Crippen LogP contribution in [-0.2, 0) is 0 Å². The van der Waals surface area contributed by atoms with Crippen molar-refractivity contribution in [1.82, 2.24) is 5.32 Å². The number of amides is 1. The Bertz CT molecular complexity index is 468. The maximum Gasteiger partial charge on any atom is 0.253 e. The Hall–Kier alpha value is -1.58. The third-order valence-corrected chi connectivity index (χ3v) is 4.19. The van der Waals surface area contributed by atoms with Crippen molar-refractivity contribution in [1.29, 1.82) is 0 Å². The molecular weight excluding hydrogens is 255 g/mol. The number of carbonyl (C=O) groups excluding carboxylic acids is 1. The molecule has 0 aromatic heterocycles. The van der Waals surface area contributed by atoms with Crippen molar-refractivity contribution in [2.75, 3.05) is 18.9 Å². The van der Waals surface area contributed by atoms with Gasteiger partial charge in [-0.15, -0.1) is 0 Å². The monoisotopic (exact) mass is 278 g/mol. The van der Waals surface area contributed by atoms with Crippen molar-refractivity contribution in [2.24, 2.45) is 11.8 Å². The van der Waals surface area contributed by atoms with Crippen LogP contribution >= 0.6 is 0 Å². The first-order chi connectivity index (χ1) is 9.61. The van der Waals surface area contributed by atoms with Gasteiger partial charge >= 0.3 is 0 Å². The molecule has 0 heterocycles. The molecule has 1 saturated carbocycles. The average molecular weight is 278 g/mol. The summed E-state index contributed by atoms with van der Waals surface area (Å²) < 4.78 is 13.6. The molecule has 0 unspecified atom stereocenters. The van der Waals surface area contributed by atoms with Crippen LogP contribution in [0, 0.1) is 17.7 Å². The Morgan fingerprint density at radius 2 is 2.00 bits per heavy atom. The molecule has 2 N–H and O–H groups in total. The lowest BCUT2D eigenvalue weighted by Crippen LogP contribution is -2.31. The summed E-state index contributed by atoms with van der Waals surface area (Å²) in [6.45, 7) is 2.96. The third kappa shape index (κ3) is 3.50. The van der Waals surface area contributed by atoms with Crippen LogP contribution in [0.2, 0.25) is 0 Å². The van der Waals surface area contributed by atoms with E-state index < -0.39 is 5.82 Å². The highest BCUT2D eigenvalue weighted by Gasteiger charge is 2.20. The van der Waals surface area contributed by atoms with E-state index in [1.807, 2.05) is 0 Å². The highest BCUT2D eigenvalue weighted by atomic mass is 19.1. The molecule has 110 valence electrons. The summed E-state index contributed by atoms with van der Waals surface area (Å²) in [5.74, 6) is 0.766. The smallest absolute Gasteiger partial charge is 0.253 e. The third-order valence-electron chi connectivity index (χ3n) is 4.19. The minimum absolute atomic E-state index is 0.201. The van der Waals surface area contributed by atoms with E-state index in [9.17, 15) is 9.18 Å². The van der Waals surface area contributed by atoms with Crippen LogP contribution in [0.15, 0.2) is 18.2 Å². The maximum absolute atomic E-state index is 13.6. The topological polar surface area (TPSA) is 41.1 Å². The molecule has 0 spiro atoms. The van der Waals surface area contributed by atoms with Gasteiger partial charge in [0, 0.05) is 13.6 Å². The first kappa shape index (κ1) is 14.8. The minimum atomic E-state index is -0.397. The van der Waals surface area contributed by atoms with Crippen molar-refractivity contribution in [3.8, 4) is 0 Å². The lowest BCUT2D eigenvalue weighted by molar-refractivity contribution is 0.0942. The molecule has 1 aromatic rings. The van der Waals surface area contributed by atoms with E-state index in [0.29, 0.717) is 18.0 Å². The van der Waals surface area contributed by atoms with E-state index in [4.69, 9.17) is 0 Å². The molecule has 4 heteroatoms. The number of carbonyl (C=O) groups is 1. The number of rotatable bonds is 4. The van der Waals surface area contributed by atoms with Gasteiger partial charge < -0.3 is 10.6 Å². The first-order valence-corrected chi connectivity index (χ1v) is 7.36. The second-order valence-electron chi connectivity index (χ2n) is 5.75. The summed E-state index contributed by atoms with van der Waals surface area (Å²) >= 11 is 0. The van der Waals surface area contributed by atoms with Gasteiger partial charge in [-0.3, -0.25) is 4.79 Å². The van der Waals surface area contributed by atoms with Crippen LogP contribution in [0.25, 0.3) is 0 Å². The average Bonchev–Trinajstić information content (AvgIpc) is 2.46. The van der Waals surface area contributed by atoms with E-state index in [1.54, 1.807) is 19.2 Å². The van der Waals surface area contributed by atoms with E-state index in [2.05, 4.69) is 17.6 Å². The zero-order chi connectivity index (χ0) is 14.5. The van der Waals surface area contributed by atoms with Gasteiger partial charge in [0.05, 0.1) is 11.3 Å². The zero-order valence-electron chi connectivity index (χ0n) is 12.2. The highest BCUT2D eigenvalue weighted by Crippen LogP contribution is 2.28. The molecule has 0 aliphatic heterocycles. The lowest BCUT2D eigenvalue weighted by Gasteiger charge is -2.26. The van der Waals surface area contributed by atoms with Crippen molar-refractivity contribution in [2.45, 2.75) is 32.6 Å². The number of hydrogen-bond donors (Lipinski definition) is 2. The van der Waals surface area contributed by atoms with Gasteiger partial charge in [0.15, 0.2) is 0 Å². The van der Waals surface area contributed by atoms with Crippen LogP contribution in [0.5, 0.6) is 0 Å². The number of benzene rings is 1. The molecule has 0 atom stereocenters. The summed E-state index contributed by atoms with van der Waals surface area (Å²) in [5, 5.41) is 5.69. The fourth-order valence-corrected chi connectivity index (χ4v) is 2.83. The molecule has 1 fully saturated rings. The van der Waals surface area contributed by atoms with Crippen molar-refractivity contribution < 1.29 is 9.18 Å². The van der Waals surface area contributed by atoms with Gasteiger partial charge in [-0.2, -0.15) is 0 Å². The summed E-state index contributed by atoms with van der Waals surface area (Å²) in [5.41, 5.74) is 0.638. The Balaban J connectivity index is 1.94. The number of halogens is 1. The first-order valence-electron chi connectivity index (χ1n) is 7.36. The summed E-state index contributed by atoms with van der Waals surface area (Å²) in [7, 11) is 1.62. The van der Waals surface area contributed by atoms with Gasteiger partial charge in [0.2, 0.25) is 0 Å². The summed E-state index contributed by atoms with van der Waals surface area (Å²) in [4.78, 5) is 12.2. The van der Waals surface area contributed by atoms with Gasteiger partial charge in [-0.25, -0.2) is 4.39 Å². The Morgan fingerprint density at radius 1 is 1.30 bits per heavy atom. The Morgan fingerprint density at radius 3 is 2.65 bits per heavy atom. The molecule has 20 heavy (non-hydrogen) atoms. The quantitative estimate of drug-likeness (QED) is 0.886. The summed E-state index contributed by atoms with van der Waals surface area (Å²) in [6.07, 6.45) is 4.82. The molecule has 0 bridgehead atoms. The Labute approximate surface area is 120 Å².